The van der Waals surface area contributed by atoms with Crippen LogP contribution in [0.5, 0.6) is 0 Å². The van der Waals surface area contributed by atoms with E-state index in [0.29, 0.717) is 25.8 Å². The summed E-state index contributed by atoms with van der Waals surface area (Å²) in [7, 11) is 0. The van der Waals surface area contributed by atoms with E-state index in [1.165, 1.54) is 0 Å². The molecule has 0 spiro atoms. The van der Waals surface area contributed by atoms with Crippen molar-refractivity contribution in [2.75, 3.05) is 11.9 Å². The first-order valence-corrected chi connectivity index (χ1v) is 8.88. The average Bonchev–Trinajstić information content (AvgIpc) is 2.94. The number of carbonyl (C=O) groups excluding carboxylic acids is 2. The van der Waals surface area contributed by atoms with Gasteiger partial charge in [-0.2, -0.15) is 0 Å². The van der Waals surface area contributed by atoms with Crippen LogP contribution < -0.4 is 5.32 Å². The van der Waals surface area contributed by atoms with Crippen LogP contribution in [0.3, 0.4) is 0 Å². The number of amides is 2. The van der Waals surface area contributed by atoms with E-state index < -0.39 is 11.9 Å². The number of fused-ring (bicyclic) bond motifs is 1. The molecule has 25 heavy (non-hydrogen) atoms. The second kappa shape index (κ2) is 7.25. The van der Waals surface area contributed by atoms with Gasteiger partial charge in [0.1, 0.15) is 0 Å². The average molecular weight is 344 g/mol. The topological polar surface area (TPSA) is 86.7 Å². The van der Waals surface area contributed by atoms with E-state index in [-0.39, 0.29) is 17.9 Å². The zero-order chi connectivity index (χ0) is 18.0. The summed E-state index contributed by atoms with van der Waals surface area (Å²) in [6, 6.07) is 6.04. The van der Waals surface area contributed by atoms with Crippen LogP contribution in [-0.2, 0) is 27.2 Å². The first-order chi connectivity index (χ1) is 11.9. The van der Waals surface area contributed by atoms with Gasteiger partial charge >= 0.3 is 5.97 Å². The Balaban J connectivity index is 1.51. The molecule has 1 aromatic rings. The molecule has 0 radical (unpaired) electrons. The Morgan fingerprint density at radius 2 is 2.12 bits per heavy atom. The third-order valence-corrected chi connectivity index (χ3v) is 5.20. The highest BCUT2D eigenvalue weighted by atomic mass is 16.4. The molecule has 2 heterocycles. The monoisotopic (exact) mass is 344 g/mol. The fourth-order valence-electron chi connectivity index (χ4n) is 3.68. The van der Waals surface area contributed by atoms with Crippen LogP contribution in [0.4, 0.5) is 5.69 Å². The number of piperidine rings is 1. The molecule has 0 aliphatic carbocycles. The lowest BCUT2D eigenvalue weighted by Gasteiger charge is -2.36. The highest BCUT2D eigenvalue weighted by Crippen LogP contribution is 2.25. The molecule has 2 amide bonds. The second-order valence-corrected chi connectivity index (χ2v) is 7.08. The molecular weight excluding hydrogens is 320 g/mol. The van der Waals surface area contributed by atoms with E-state index >= 15 is 0 Å². The smallest absolute Gasteiger partial charge is 0.308 e. The molecule has 2 atom stereocenters. The van der Waals surface area contributed by atoms with Crippen molar-refractivity contribution in [3.05, 3.63) is 29.3 Å². The highest BCUT2D eigenvalue weighted by molar-refractivity contribution is 5.99. The molecule has 1 saturated heterocycles. The summed E-state index contributed by atoms with van der Waals surface area (Å²) >= 11 is 0. The number of hydrogen-bond acceptors (Lipinski definition) is 3. The highest BCUT2D eigenvalue weighted by Gasteiger charge is 2.32. The third kappa shape index (κ3) is 4.00. The minimum atomic E-state index is -0.814. The van der Waals surface area contributed by atoms with Gasteiger partial charge in [0.05, 0.1) is 12.3 Å². The van der Waals surface area contributed by atoms with Gasteiger partial charge in [-0.1, -0.05) is 12.1 Å². The molecule has 3 rings (SSSR count). The van der Waals surface area contributed by atoms with Gasteiger partial charge in [0.2, 0.25) is 11.8 Å². The van der Waals surface area contributed by atoms with Gasteiger partial charge in [-0.15, -0.1) is 0 Å². The molecule has 0 saturated carbocycles. The van der Waals surface area contributed by atoms with E-state index in [2.05, 4.69) is 5.32 Å². The fourth-order valence-corrected chi connectivity index (χ4v) is 3.68. The van der Waals surface area contributed by atoms with Crippen molar-refractivity contribution in [2.24, 2.45) is 5.92 Å². The molecule has 0 bridgehead atoms. The van der Waals surface area contributed by atoms with Crippen molar-refractivity contribution in [2.45, 2.75) is 51.5 Å². The number of nitrogens with one attached hydrogen (secondary N) is 1. The zero-order valence-corrected chi connectivity index (χ0v) is 14.5. The van der Waals surface area contributed by atoms with Crippen LogP contribution in [0.2, 0.25) is 0 Å². The van der Waals surface area contributed by atoms with Gasteiger partial charge < -0.3 is 15.3 Å². The number of carboxylic acids is 1. The minimum absolute atomic E-state index is 0.0226. The van der Waals surface area contributed by atoms with Gasteiger partial charge in [-0.25, -0.2) is 0 Å². The van der Waals surface area contributed by atoms with Crippen LogP contribution >= 0.6 is 0 Å². The normalized spacial score (nSPS) is 22.4. The summed E-state index contributed by atoms with van der Waals surface area (Å²) in [5.41, 5.74) is 3.02. The van der Waals surface area contributed by atoms with Gasteiger partial charge in [-0.3, -0.25) is 14.4 Å². The first-order valence-electron chi connectivity index (χ1n) is 8.88. The molecular formula is C19H24N2O4. The summed E-state index contributed by atoms with van der Waals surface area (Å²) in [6.07, 6.45) is 3.73. The largest absolute Gasteiger partial charge is 0.481 e. The van der Waals surface area contributed by atoms with Crippen LogP contribution in [0.1, 0.15) is 43.7 Å². The summed E-state index contributed by atoms with van der Waals surface area (Å²) in [6.45, 7) is 2.31. The molecule has 134 valence electrons. The minimum Gasteiger partial charge on any atom is -0.481 e. The van der Waals surface area contributed by atoms with Crippen molar-refractivity contribution in [1.82, 2.24) is 4.90 Å². The Morgan fingerprint density at radius 3 is 2.88 bits per heavy atom. The number of likely N-dealkylation sites (tertiary alicyclic amines) is 1. The Bertz CT molecular complexity index is 701. The van der Waals surface area contributed by atoms with Crippen molar-refractivity contribution in [3.63, 3.8) is 0 Å². The standard InChI is InChI=1S/C19H24N2O4/c1-12-5-7-14(19(24)25)11-21(12)18(23)4-2-3-13-6-8-16-15(9-13)10-17(22)20-16/h6,8-9,12,14H,2-5,7,10-11H2,1H3,(H,20,22)(H,24,25). The lowest BCUT2D eigenvalue weighted by Crippen LogP contribution is -2.47. The number of hydrogen-bond donors (Lipinski definition) is 2. The van der Waals surface area contributed by atoms with Crippen LogP contribution in [0.25, 0.3) is 0 Å². The lowest BCUT2D eigenvalue weighted by molar-refractivity contribution is -0.147. The zero-order valence-electron chi connectivity index (χ0n) is 14.5. The van der Waals surface area contributed by atoms with Gasteiger partial charge in [0.15, 0.2) is 0 Å². The molecule has 0 aromatic heterocycles. The van der Waals surface area contributed by atoms with Crippen molar-refractivity contribution < 1.29 is 19.5 Å². The number of carboxylic acid groups (broad SMARTS) is 1. The molecule has 2 unspecified atom stereocenters. The van der Waals surface area contributed by atoms with E-state index in [1.54, 1.807) is 4.90 Å². The number of aryl methyl sites for hydroxylation is 1. The molecule has 6 heteroatoms. The lowest BCUT2D eigenvalue weighted by atomic mass is 9.93. The summed E-state index contributed by atoms with van der Waals surface area (Å²) in [5, 5.41) is 12.0. The Labute approximate surface area is 147 Å². The van der Waals surface area contributed by atoms with Gasteiger partial charge in [0, 0.05) is 24.7 Å². The van der Waals surface area contributed by atoms with E-state index in [4.69, 9.17) is 0 Å². The quantitative estimate of drug-likeness (QED) is 0.857. The molecule has 2 aliphatic rings. The van der Waals surface area contributed by atoms with Gasteiger partial charge in [0.25, 0.3) is 0 Å². The number of nitrogens with zero attached hydrogens (tertiary/aromatic N) is 1. The Hall–Kier alpha value is -2.37. The van der Waals surface area contributed by atoms with E-state index in [9.17, 15) is 19.5 Å². The van der Waals surface area contributed by atoms with Crippen molar-refractivity contribution in [1.29, 1.82) is 0 Å². The third-order valence-electron chi connectivity index (χ3n) is 5.20. The number of benzene rings is 1. The van der Waals surface area contributed by atoms with Gasteiger partial charge in [-0.05, 0) is 49.8 Å². The van der Waals surface area contributed by atoms with E-state index in [0.717, 1.165) is 36.1 Å². The summed E-state index contributed by atoms with van der Waals surface area (Å²) < 4.78 is 0. The maximum atomic E-state index is 12.5. The molecule has 6 nitrogen and oxygen atoms in total. The predicted molar refractivity (Wildman–Crippen MR) is 93.2 cm³/mol. The number of rotatable bonds is 5. The van der Waals surface area contributed by atoms with E-state index in [1.807, 2.05) is 25.1 Å². The molecule has 2 aliphatic heterocycles. The predicted octanol–water partition coefficient (Wildman–Crippen LogP) is 2.22. The van der Waals surface area contributed by atoms with Crippen molar-refractivity contribution in [3.8, 4) is 0 Å². The number of aliphatic carboxylic acids is 1. The van der Waals surface area contributed by atoms with Crippen LogP contribution in [0.15, 0.2) is 18.2 Å². The second-order valence-electron chi connectivity index (χ2n) is 7.08. The fraction of sp³-hybridized carbons (Fsp3) is 0.526. The van der Waals surface area contributed by atoms with Crippen LogP contribution in [-0.4, -0.2) is 40.4 Å². The Morgan fingerprint density at radius 1 is 1.32 bits per heavy atom. The van der Waals surface area contributed by atoms with Crippen molar-refractivity contribution >= 4 is 23.5 Å². The number of carbonyl (C=O) groups is 3. The summed E-state index contributed by atoms with van der Waals surface area (Å²) in [5.74, 6) is -1.20. The summed E-state index contributed by atoms with van der Waals surface area (Å²) in [4.78, 5) is 36.8. The molecule has 1 aromatic carbocycles. The first kappa shape index (κ1) is 17.5. The molecule has 1 fully saturated rings. The maximum absolute atomic E-state index is 12.5. The Kier molecular flexibility index (Phi) is 5.06. The SMILES string of the molecule is CC1CCC(C(=O)O)CN1C(=O)CCCc1ccc2c(c1)CC(=O)N2. The number of anilines is 1. The molecule has 2 N–H and O–H groups in total. The maximum Gasteiger partial charge on any atom is 0.308 e. The van der Waals surface area contributed by atoms with Crippen LogP contribution in [0, 0.1) is 5.92 Å².